The van der Waals surface area contributed by atoms with Crippen molar-refractivity contribution < 1.29 is 9.47 Å². The molecule has 2 aliphatic heterocycles. The number of benzene rings is 1. The summed E-state index contributed by atoms with van der Waals surface area (Å²) in [4.78, 5) is 9.65. The first kappa shape index (κ1) is 22.5. The Morgan fingerprint density at radius 3 is 2.64 bits per heavy atom. The number of fused-ring (bicyclic) bond motifs is 2. The van der Waals surface area contributed by atoms with Crippen molar-refractivity contribution >= 4 is 22.9 Å². The largest absolute Gasteiger partial charge is 0.378 e. The second-order valence-corrected chi connectivity index (χ2v) is 10.7. The summed E-state index contributed by atoms with van der Waals surface area (Å²) in [6.07, 6.45) is 7.04. The number of pyridine rings is 1. The van der Waals surface area contributed by atoms with Crippen molar-refractivity contribution in [1.29, 1.82) is 0 Å². The van der Waals surface area contributed by atoms with E-state index in [0.29, 0.717) is 12.0 Å². The monoisotopic (exact) mass is 450 g/mol. The molecule has 1 aliphatic carbocycles. The molecule has 0 spiro atoms. The van der Waals surface area contributed by atoms with Crippen molar-refractivity contribution in [3.05, 3.63) is 42.1 Å². The number of rotatable bonds is 4. The molecular formula is C27H38N4O2. The Kier molecular flexibility index (Phi) is 6.48. The summed E-state index contributed by atoms with van der Waals surface area (Å²) in [5, 5.41) is 3.62. The van der Waals surface area contributed by atoms with Gasteiger partial charge in [-0.1, -0.05) is 6.07 Å². The lowest BCUT2D eigenvalue weighted by Gasteiger charge is -2.36. The van der Waals surface area contributed by atoms with E-state index in [4.69, 9.17) is 9.47 Å². The highest BCUT2D eigenvalue weighted by Crippen LogP contribution is 2.39. The summed E-state index contributed by atoms with van der Waals surface area (Å²) in [7, 11) is 0. The van der Waals surface area contributed by atoms with E-state index in [1.165, 1.54) is 29.8 Å². The summed E-state index contributed by atoms with van der Waals surface area (Å²) in [5.74, 6) is 1.66. The van der Waals surface area contributed by atoms with Crippen LogP contribution < -0.4 is 15.1 Å². The van der Waals surface area contributed by atoms with Crippen molar-refractivity contribution in [1.82, 2.24) is 4.98 Å². The Labute approximate surface area is 198 Å². The number of aromatic nitrogens is 1. The molecule has 5 rings (SSSR count). The second kappa shape index (κ2) is 9.51. The average Bonchev–Trinajstić information content (AvgIpc) is 2.96. The van der Waals surface area contributed by atoms with Gasteiger partial charge >= 0.3 is 0 Å². The molecule has 2 fully saturated rings. The Morgan fingerprint density at radius 1 is 1.09 bits per heavy atom. The van der Waals surface area contributed by atoms with Gasteiger partial charge in [-0.25, -0.2) is 4.98 Å². The lowest BCUT2D eigenvalue weighted by atomic mass is 9.86. The van der Waals surface area contributed by atoms with Crippen LogP contribution in [0.3, 0.4) is 0 Å². The molecule has 0 bridgehead atoms. The van der Waals surface area contributed by atoms with Crippen molar-refractivity contribution in [2.24, 2.45) is 5.92 Å². The topological polar surface area (TPSA) is 49.9 Å². The normalized spacial score (nSPS) is 23.4. The third-order valence-electron chi connectivity index (χ3n) is 7.00. The van der Waals surface area contributed by atoms with Gasteiger partial charge in [-0.3, -0.25) is 0 Å². The molecule has 0 amide bonds. The number of morpholine rings is 1. The molecule has 1 aromatic carbocycles. The fraction of sp³-hybridized carbons (Fsp3) is 0.593. The maximum Gasteiger partial charge on any atom is 0.135 e. The van der Waals surface area contributed by atoms with Gasteiger partial charge in [-0.05, 0) is 76.6 Å². The Hall–Kier alpha value is -2.31. The zero-order valence-electron chi connectivity index (χ0n) is 20.3. The number of ether oxygens (including phenoxy) is 2. The van der Waals surface area contributed by atoms with Crippen LogP contribution in [0.5, 0.6) is 0 Å². The van der Waals surface area contributed by atoms with Crippen LogP contribution in [0, 0.1) is 5.92 Å². The van der Waals surface area contributed by atoms with E-state index in [1.54, 1.807) is 0 Å². The molecule has 0 unspecified atom stereocenters. The van der Waals surface area contributed by atoms with Crippen LogP contribution in [0.15, 0.2) is 36.5 Å². The molecule has 2 aromatic rings. The van der Waals surface area contributed by atoms with Gasteiger partial charge in [0.05, 0.1) is 36.3 Å². The summed E-state index contributed by atoms with van der Waals surface area (Å²) in [5.41, 5.74) is 4.91. The van der Waals surface area contributed by atoms with Crippen molar-refractivity contribution in [2.45, 2.75) is 64.7 Å². The van der Waals surface area contributed by atoms with Crippen LogP contribution in [-0.4, -0.2) is 49.5 Å². The lowest BCUT2D eigenvalue weighted by molar-refractivity contribution is -0.0779. The Balaban J connectivity index is 1.37. The predicted octanol–water partition coefficient (Wildman–Crippen LogP) is 5.36. The molecule has 0 atom stereocenters. The highest BCUT2D eigenvalue weighted by molar-refractivity contribution is 5.81. The van der Waals surface area contributed by atoms with E-state index in [-0.39, 0.29) is 5.60 Å². The van der Waals surface area contributed by atoms with Crippen LogP contribution >= 0.6 is 0 Å². The maximum atomic E-state index is 6.27. The number of hydrogen-bond acceptors (Lipinski definition) is 6. The molecule has 1 saturated heterocycles. The number of nitrogens with one attached hydrogen (secondary N) is 1. The van der Waals surface area contributed by atoms with Crippen LogP contribution in [0.25, 0.3) is 0 Å². The van der Waals surface area contributed by atoms with Gasteiger partial charge in [0.1, 0.15) is 5.82 Å². The Morgan fingerprint density at radius 2 is 1.88 bits per heavy atom. The molecule has 33 heavy (non-hydrogen) atoms. The first-order valence-corrected chi connectivity index (χ1v) is 12.5. The maximum absolute atomic E-state index is 6.27. The van der Waals surface area contributed by atoms with E-state index in [2.05, 4.69) is 65.1 Å². The van der Waals surface area contributed by atoms with Gasteiger partial charge in [-0.15, -0.1) is 0 Å². The van der Waals surface area contributed by atoms with Gasteiger partial charge in [-0.2, -0.15) is 0 Å². The van der Waals surface area contributed by atoms with Gasteiger partial charge in [0.25, 0.3) is 0 Å². The zero-order valence-corrected chi connectivity index (χ0v) is 20.3. The molecule has 1 aromatic heterocycles. The minimum Gasteiger partial charge on any atom is -0.378 e. The third kappa shape index (κ3) is 5.44. The molecule has 1 N–H and O–H groups in total. The molecule has 6 heteroatoms. The molecule has 3 heterocycles. The average molecular weight is 451 g/mol. The van der Waals surface area contributed by atoms with E-state index >= 15 is 0 Å². The number of hydrogen-bond donors (Lipinski definition) is 1. The van der Waals surface area contributed by atoms with Crippen molar-refractivity contribution in [2.75, 3.05) is 48.0 Å². The molecule has 3 aliphatic rings. The number of nitrogens with zero attached hydrogens (tertiary/aromatic N) is 3. The van der Waals surface area contributed by atoms with Crippen LogP contribution in [0.4, 0.5) is 22.9 Å². The number of anilines is 4. The highest BCUT2D eigenvalue weighted by atomic mass is 16.5. The quantitative estimate of drug-likeness (QED) is 0.677. The smallest absolute Gasteiger partial charge is 0.135 e. The predicted molar refractivity (Wildman–Crippen MR) is 135 cm³/mol. The lowest BCUT2D eigenvalue weighted by Crippen LogP contribution is -2.37. The van der Waals surface area contributed by atoms with Gasteiger partial charge in [0.2, 0.25) is 0 Å². The summed E-state index contributed by atoms with van der Waals surface area (Å²) in [6, 6.07) is 11.1. The van der Waals surface area contributed by atoms with Crippen molar-refractivity contribution in [3.63, 3.8) is 0 Å². The molecular weight excluding hydrogens is 412 g/mol. The van der Waals surface area contributed by atoms with E-state index in [0.717, 1.165) is 63.7 Å². The Bertz CT molecular complexity index is 943. The SMILES string of the molecule is CC(C)(C)O[C@H]1CC[C@H](CN2Cc3cccnc3Nc3ccc(N4CCOCC4)cc32)CC1. The summed E-state index contributed by atoms with van der Waals surface area (Å²) in [6.45, 7) is 11.9. The van der Waals surface area contributed by atoms with E-state index in [1.807, 2.05) is 12.3 Å². The van der Waals surface area contributed by atoms with Crippen molar-refractivity contribution in [3.8, 4) is 0 Å². The van der Waals surface area contributed by atoms with Gasteiger partial charge in [0.15, 0.2) is 0 Å². The zero-order chi connectivity index (χ0) is 22.8. The van der Waals surface area contributed by atoms with E-state index < -0.39 is 0 Å². The third-order valence-corrected chi connectivity index (χ3v) is 7.00. The fourth-order valence-corrected chi connectivity index (χ4v) is 5.41. The minimum atomic E-state index is -0.0560. The standard InChI is InChI=1S/C27H38N4O2/c1-27(2,3)33-23-9-6-20(7-10-23)18-31-19-21-5-4-12-28-26(21)29-24-11-8-22(17-25(24)31)30-13-15-32-16-14-30/h4-5,8,11-12,17,20,23H,6-7,9-10,13-16,18-19H2,1-3H3,(H,28,29)/t20-,23-. The first-order valence-electron chi connectivity index (χ1n) is 12.5. The first-order chi connectivity index (χ1) is 15.9. The summed E-state index contributed by atoms with van der Waals surface area (Å²) >= 11 is 0. The molecule has 1 saturated carbocycles. The summed E-state index contributed by atoms with van der Waals surface area (Å²) < 4.78 is 11.8. The van der Waals surface area contributed by atoms with Crippen LogP contribution in [-0.2, 0) is 16.0 Å². The van der Waals surface area contributed by atoms with Gasteiger partial charge < -0.3 is 24.6 Å². The molecule has 178 valence electrons. The second-order valence-electron chi connectivity index (χ2n) is 10.7. The molecule has 0 radical (unpaired) electrons. The molecule has 6 nitrogen and oxygen atoms in total. The fourth-order valence-electron chi connectivity index (χ4n) is 5.41. The van der Waals surface area contributed by atoms with Gasteiger partial charge in [0, 0.05) is 43.6 Å². The van der Waals surface area contributed by atoms with Crippen LogP contribution in [0.1, 0.15) is 52.0 Å². The van der Waals surface area contributed by atoms with Crippen LogP contribution in [0.2, 0.25) is 0 Å². The highest BCUT2D eigenvalue weighted by Gasteiger charge is 2.29. The minimum absolute atomic E-state index is 0.0560. The van der Waals surface area contributed by atoms with E-state index in [9.17, 15) is 0 Å².